The number of aliphatic hydroxyl groups excluding tert-OH is 1. The molecule has 1 heterocycles. The van der Waals surface area contributed by atoms with E-state index in [-0.39, 0.29) is 11.3 Å². The van der Waals surface area contributed by atoms with Gasteiger partial charge in [-0.3, -0.25) is 14.5 Å². The van der Waals surface area contributed by atoms with Crippen molar-refractivity contribution in [3.8, 4) is 11.8 Å². The van der Waals surface area contributed by atoms with Crippen molar-refractivity contribution in [2.24, 2.45) is 0 Å². The number of hydrogen-bond acceptors (Lipinski definition) is 5. The van der Waals surface area contributed by atoms with Gasteiger partial charge < -0.3 is 9.84 Å². The predicted molar refractivity (Wildman–Crippen MR) is 125 cm³/mol. The molecule has 0 bridgehead atoms. The molecule has 3 aromatic carbocycles. The number of amides is 1. The van der Waals surface area contributed by atoms with Crippen LogP contribution in [0.1, 0.15) is 35.2 Å². The number of aryl methyl sites for hydroxylation is 1. The summed E-state index contributed by atoms with van der Waals surface area (Å²) in [5, 5.41) is 20.3. The van der Waals surface area contributed by atoms with Gasteiger partial charge >= 0.3 is 0 Å². The number of hydrogen-bond donors (Lipinski definition) is 1. The van der Waals surface area contributed by atoms with Crippen molar-refractivity contribution in [1.29, 1.82) is 5.26 Å². The van der Waals surface area contributed by atoms with Crippen LogP contribution in [0.5, 0.6) is 5.75 Å². The molecule has 0 aromatic heterocycles. The first kappa shape index (κ1) is 21.8. The maximum Gasteiger partial charge on any atom is 0.300 e. The molecule has 1 atom stereocenters. The zero-order chi connectivity index (χ0) is 23.5. The topological polar surface area (TPSA) is 90.6 Å². The van der Waals surface area contributed by atoms with Crippen LogP contribution in [0.25, 0.3) is 5.76 Å². The van der Waals surface area contributed by atoms with Gasteiger partial charge in [-0.05, 0) is 73.5 Å². The molecule has 1 saturated heterocycles. The van der Waals surface area contributed by atoms with Crippen LogP contribution in [0.15, 0.2) is 78.4 Å². The summed E-state index contributed by atoms with van der Waals surface area (Å²) in [6.45, 7) is 4.28. The summed E-state index contributed by atoms with van der Waals surface area (Å²) in [4.78, 5) is 27.8. The highest BCUT2D eigenvalue weighted by molar-refractivity contribution is 6.51. The Morgan fingerprint density at radius 1 is 1.03 bits per heavy atom. The summed E-state index contributed by atoms with van der Waals surface area (Å²) in [6.07, 6.45) is 0. The Morgan fingerprint density at radius 2 is 1.70 bits per heavy atom. The number of ketones is 1. The van der Waals surface area contributed by atoms with E-state index >= 15 is 0 Å². The molecule has 0 aliphatic carbocycles. The zero-order valence-electron chi connectivity index (χ0n) is 18.3. The van der Waals surface area contributed by atoms with E-state index in [2.05, 4.69) is 0 Å². The number of carbonyl (C=O) groups excluding carboxylic acids is 2. The van der Waals surface area contributed by atoms with E-state index in [1.54, 1.807) is 48.5 Å². The Labute approximate surface area is 192 Å². The molecule has 164 valence electrons. The molecule has 33 heavy (non-hydrogen) atoms. The lowest BCUT2D eigenvalue weighted by atomic mass is 9.92. The van der Waals surface area contributed by atoms with Crippen molar-refractivity contribution >= 4 is 23.1 Å². The summed E-state index contributed by atoms with van der Waals surface area (Å²) < 4.78 is 5.45. The second-order valence-corrected chi connectivity index (χ2v) is 7.64. The molecule has 6 heteroatoms. The molecule has 1 unspecified atom stereocenters. The maximum absolute atomic E-state index is 13.2. The van der Waals surface area contributed by atoms with Crippen molar-refractivity contribution in [1.82, 2.24) is 0 Å². The van der Waals surface area contributed by atoms with Crippen molar-refractivity contribution in [2.75, 3.05) is 11.5 Å². The number of nitrogens with zero attached hydrogens (tertiary/aromatic N) is 2. The number of aliphatic hydroxyl groups is 1. The van der Waals surface area contributed by atoms with Gasteiger partial charge in [0.05, 0.1) is 29.9 Å². The van der Waals surface area contributed by atoms with Crippen LogP contribution in [0.3, 0.4) is 0 Å². The number of carbonyl (C=O) groups is 2. The molecular weight excluding hydrogens is 416 g/mol. The summed E-state index contributed by atoms with van der Waals surface area (Å²) in [5.74, 6) is -1.11. The third-order valence-electron chi connectivity index (χ3n) is 5.64. The van der Waals surface area contributed by atoms with Crippen molar-refractivity contribution in [3.05, 3.63) is 101 Å². The van der Waals surface area contributed by atoms with E-state index < -0.39 is 17.7 Å². The first-order valence-electron chi connectivity index (χ1n) is 10.6. The highest BCUT2D eigenvalue weighted by Gasteiger charge is 2.47. The van der Waals surface area contributed by atoms with E-state index in [9.17, 15) is 14.7 Å². The van der Waals surface area contributed by atoms with Crippen LogP contribution in [-0.4, -0.2) is 23.4 Å². The minimum atomic E-state index is -0.814. The number of ether oxygens (including phenoxy) is 1. The fourth-order valence-electron chi connectivity index (χ4n) is 4.01. The number of benzene rings is 3. The van der Waals surface area contributed by atoms with E-state index in [0.29, 0.717) is 29.2 Å². The van der Waals surface area contributed by atoms with Gasteiger partial charge in [0.15, 0.2) is 0 Å². The average Bonchev–Trinajstić information content (AvgIpc) is 3.10. The zero-order valence-corrected chi connectivity index (χ0v) is 18.3. The Hall–Kier alpha value is -4.37. The number of rotatable bonds is 5. The molecular formula is C27H22N2O4. The Morgan fingerprint density at radius 3 is 2.30 bits per heavy atom. The predicted octanol–water partition coefficient (Wildman–Crippen LogP) is 4.89. The maximum atomic E-state index is 13.2. The lowest BCUT2D eigenvalue weighted by Gasteiger charge is -2.26. The SMILES string of the molecule is CCOc1ccc(/C(O)=C2/C(=O)C(=O)N(c3ccc(C#N)cc3)C2c2ccccc2C)cc1. The van der Waals surface area contributed by atoms with Gasteiger partial charge in [-0.25, -0.2) is 0 Å². The monoisotopic (exact) mass is 438 g/mol. The van der Waals surface area contributed by atoms with E-state index in [1.165, 1.54) is 4.90 Å². The molecule has 4 rings (SSSR count). The molecule has 0 saturated carbocycles. The summed E-state index contributed by atoms with van der Waals surface area (Å²) in [5.41, 5.74) is 2.94. The second kappa shape index (κ2) is 9.01. The molecule has 1 amide bonds. The minimum Gasteiger partial charge on any atom is -0.507 e. The molecule has 1 fully saturated rings. The molecule has 1 N–H and O–H groups in total. The quantitative estimate of drug-likeness (QED) is 0.348. The van der Waals surface area contributed by atoms with Gasteiger partial charge in [0.25, 0.3) is 11.7 Å². The van der Waals surface area contributed by atoms with Gasteiger partial charge in [0.1, 0.15) is 11.5 Å². The lowest BCUT2D eigenvalue weighted by Crippen LogP contribution is -2.29. The van der Waals surface area contributed by atoms with E-state index in [0.717, 1.165) is 11.1 Å². The Bertz CT molecular complexity index is 1280. The number of nitriles is 1. The second-order valence-electron chi connectivity index (χ2n) is 7.64. The number of Topliss-reactive ketones (excluding diaryl/α,β-unsaturated/α-hetero) is 1. The summed E-state index contributed by atoms with van der Waals surface area (Å²) >= 11 is 0. The average molecular weight is 438 g/mol. The van der Waals surface area contributed by atoms with Crippen LogP contribution in [0.4, 0.5) is 5.69 Å². The first-order chi connectivity index (χ1) is 16.0. The molecule has 0 spiro atoms. The smallest absolute Gasteiger partial charge is 0.300 e. The Kier molecular flexibility index (Phi) is 5.97. The minimum absolute atomic E-state index is 0.0165. The Balaban J connectivity index is 1.90. The highest BCUT2D eigenvalue weighted by atomic mass is 16.5. The largest absolute Gasteiger partial charge is 0.507 e. The fourth-order valence-corrected chi connectivity index (χ4v) is 4.01. The van der Waals surface area contributed by atoms with Crippen LogP contribution in [0.2, 0.25) is 0 Å². The van der Waals surface area contributed by atoms with Gasteiger partial charge in [-0.2, -0.15) is 5.26 Å². The lowest BCUT2D eigenvalue weighted by molar-refractivity contribution is -0.132. The van der Waals surface area contributed by atoms with Gasteiger partial charge in [0, 0.05) is 11.3 Å². The van der Waals surface area contributed by atoms with Crippen LogP contribution in [0, 0.1) is 18.3 Å². The van der Waals surface area contributed by atoms with Gasteiger partial charge in [-0.15, -0.1) is 0 Å². The van der Waals surface area contributed by atoms with Crippen molar-refractivity contribution in [2.45, 2.75) is 19.9 Å². The molecule has 3 aromatic rings. The van der Waals surface area contributed by atoms with Crippen LogP contribution in [-0.2, 0) is 9.59 Å². The van der Waals surface area contributed by atoms with Crippen LogP contribution >= 0.6 is 0 Å². The fraction of sp³-hybridized carbons (Fsp3) is 0.148. The highest BCUT2D eigenvalue weighted by Crippen LogP contribution is 2.43. The summed E-state index contributed by atoms with van der Waals surface area (Å²) in [6, 6.07) is 21.9. The van der Waals surface area contributed by atoms with Gasteiger partial charge in [0.2, 0.25) is 0 Å². The van der Waals surface area contributed by atoms with Gasteiger partial charge in [-0.1, -0.05) is 24.3 Å². The molecule has 1 aliphatic rings. The van der Waals surface area contributed by atoms with Crippen LogP contribution < -0.4 is 9.64 Å². The normalized spacial score (nSPS) is 17.1. The molecule has 6 nitrogen and oxygen atoms in total. The van der Waals surface area contributed by atoms with E-state index in [1.807, 2.05) is 44.2 Å². The third kappa shape index (κ3) is 3.97. The summed E-state index contributed by atoms with van der Waals surface area (Å²) in [7, 11) is 0. The first-order valence-corrected chi connectivity index (χ1v) is 10.6. The standard InChI is InChI=1S/C27H22N2O4/c1-3-33-21-14-10-19(11-15-21)25(30)23-24(22-7-5-4-6-17(22)2)29(27(32)26(23)31)20-12-8-18(16-28)9-13-20/h4-15,24,30H,3H2,1-2H3/b25-23-. The van der Waals surface area contributed by atoms with E-state index in [4.69, 9.17) is 10.00 Å². The molecule has 0 radical (unpaired) electrons. The number of anilines is 1. The van der Waals surface area contributed by atoms with Crippen molar-refractivity contribution in [3.63, 3.8) is 0 Å². The third-order valence-corrected chi connectivity index (χ3v) is 5.64. The molecule has 1 aliphatic heterocycles. The van der Waals surface area contributed by atoms with Crippen molar-refractivity contribution < 1.29 is 19.4 Å².